The minimum absolute atomic E-state index is 0.00575. The average Bonchev–Trinajstić information content (AvgIpc) is 3.19. The lowest BCUT2D eigenvalue weighted by molar-refractivity contribution is 0.0383. The lowest BCUT2D eigenvalue weighted by atomic mass is 9.78. The number of aliphatic hydroxyl groups is 1. The van der Waals surface area contributed by atoms with Crippen molar-refractivity contribution in [1.82, 2.24) is 10.2 Å². The van der Waals surface area contributed by atoms with Crippen LogP contribution in [0.5, 0.6) is 0 Å². The van der Waals surface area contributed by atoms with Gasteiger partial charge in [-0.05, 0) is 58.3 Å². The van der Waals surface area contributed by atoms with Gasteiger partial charge in [0.25, 0.3) is 0 Å². The third-order valence-electron chi connectivity index (χ3n) is 4.92. The zero-order valence-corrected chi connectivity index (χ0v) is 13.9. The van der Waals surface area contributed by atoms with Crippen molar-refractivity contribution in [3.05, 3.63) is 0 Å². The SMILES string of the molecule is CC(C)CN(C(C)C)C1CCCC(CO)(NC2CC2)C1. The van der Waals surface area contributed by atoms with Crippen LogP contribution in [-0.2, 0) is 0 Å². The van der Waals surface area contributed by atoms with Gasteiger partial charge in [0, 0.05) is 30.2 Å². The first-order valence-electron chi connectivity index (χ1n) is 8.60. The molecule has 3 nitrogen and oxygen atoms in total. The summed E-state index contributed by atoms with van der Waals surface area (Å²) >= 11 is 0. The topological polar surface area (TPSA) is 35.5 Å². The van der Waals surface area contributed by atoms with Crippen LogP contribution in [0.2, 0.25) is 0 Å². The summed E-state index contributed by atoms with van der Waals surface area (Å²) < 4.78 is 0. The Labute approximate surface area is 125 Å². The van der Waals surface area contributed by atoms with E-state index in [0.29, 0.717) is 30.7 Å². The Morgan fingerprint density at radius 2 is 1.90 bits per heavy atom. The average molecular weight is 282 g/mol. The van der Waals surface area contributed by atoms with Crippen LogP contribution in [0.1, 0.15) is 66.2 Å². The fourth-order valence-electron chi connectivity index (χ4n) is 3.80. The van der Waals surface area contributed by atoms with Crippen LogP contribution in [0, 0.1) is 5.92 Å². The Hall–Kier alpha value is -0.120. The van der Waals surface area contributed by atoms with Crippen molar-refractivity contribution in [3.63, 3.8) is 0 Å². The van der Waals surface area contributed by atoms with Crippen LogP contribution in [0.3, 0.4) is 0 Å². The molecule has 118 valence electrons. The highest BCUT2D eigenvalue weighted by molar-refractivity contribution is 5.01. The van der Waals surface area contributed by atoms with Crippen molar-refractivity contribution >= 4 is 0 Å². The first-order chi connectivity index (χ1) is 9.46. The molecular weight excluding hydrogens is 248 g/mol. The summed E-state index contributed by atoms with van der Waals surface area (Å²) in [6.07, 6.45) is 7.39. The monoisotopic (exact) mass is 282 g/mol. The van der Waals surface area contributed by atoms with Crippen molar-refractivity contribution in [3.8, 4) is 0 Å². The van der Waals surface area contributed by atoms with E-state index < -0.39 is 0 Å². The Morgan fingerprint density at radius 3 is 2.40 bits per heavy atom. The molecule has 2 aliphatic rings. The third kappa shape index (κ3) is 4.19. The normalized spacial score (nSPS) is 31.5. The molecule has 0 radical (unpaired) electrons. The van der Waals surface area contributed by atoms with Gasteiger partial charge in [0.2, 0.25) is 0 Å². The van der Waals surface area contributed by atoms with Gasteiger partial charge in [0.1, 0.15) is 0 Å². The first-order valence-corrected chi connectivity index (χ1v) is 8.60. The van der Waals surface area contributed by atoms with Gasteiger partial charge in [-0.1, -0.05) is 13.8 Å². The molecule has 0 aromatic heterocycles. The maximum Gasteiger partial charge on any atom is 0.0613 e. The summed E-state index contributed by atoms with van der Waals surface area (Å²) in [4.78, 5) is 2.67. The summed E-state index contributed by atoms with van der Waals surface area (Å²) in [5.74, 6) is 0.708. The Morgan fingerprint density at radius 1 is 1.20 bits per heavy atom. The van der Waals surface area contributed by atoms with Crippen molar-refractivity contribution in [2.24, 2.45) is 5.92 Å². The number of nitrogens with one attached hydrogen (secondary N) is 1. The largest absolute Gasteiger partial charge is 0.394 e. The second-order valence-corrected chi connectivity index (χ2v) is 7.79. The van der Waals surface area contributed by atoms with E-state index in [-0.39, 0.29) is 5.54 Å². The van der Waals surface area contributed by atoms with Crippen molar-refractivity contribution in [1.29, 1.82) is 0 Å². The van der Waals surface area contributed by atoms with E-state index in [1.54, 1.807) is 0 Å². The maximum atomic E-state index is 9.96. The van der Waals surface area contributed by atoms with Crippen LogP contribution >= 0.6 is 0 Å². The van der Waals surface area contributed by atoms with Crippen LogP contribution < -0.4 is 5.32 Å². The predicted octanol–water partition coefficient (Wildman–Crippen LogP) is 2.78. The van der Waals surface area contributed by atoms with Crippen LogP contribution in [0.15, 0.2) is 0 Å². The van der Waals surface area contributed by atoms with Gasteiger partial charge in [-0.15, -0.1) is 0 Å². The van der Waals surface area contributed by atoms with Gasteiger partial charge >= 0.3 is 0 Å². The molecule has 0 spiro atoms. The quantitative estimate of drug-likeness (QED) is 0.754. The van der Waals surface area contributed by atoms with Crippen molar-refractivity contribution in [2.75, 3.05) is 13.2 Å². The number of hydrogen-bond acceptors (Lipinski definition) is 3. The molecule has 0 saturated heterocycles. The summed E-state index contributed by atoms with van der Waals surface area (Å²) in [5.41, 5.74) is -0.00575. The van der Waals surface area contributed by atoms with Crippen molar-refractivity contribution in [2.45, 2.75) is 89.9 Å². The fourth-order valence-corrected chi connectivity index (χ4v) is 3.80. The van der Waals surface area contributed by atoms with Gasteiger partial charge in [-0.2, -0.15) is 0 Å². The van der Waals surface area contributed by atoms with E-state index >= 15 is 0 Å². The van der Waals surface area contributed by atoms with Crippen LogP contribution in [0.4, 0.5) is 0 Å². The molecular formula is C17H34N2O. The summed E-state index contributed by atoms with van der Waals surface area (Å²) in [6, 6.07) is 1.90. The number of aliphatic hydroxyl groups excluding tert-OH is 1. The molecule has 2 aliphatic carbocycles. The third-order valence-corrected chi connectivity index (χ3v) is 4.92. The van der Waals surface area contributed by atoms with E-state index in [4.69, 9.17) is 0 Å². The summed E-state index contributed by atoms with van der Waals surface area (Å²) in [5, 5.41) is 13.7. The first kappa shape index (κ1) is 16.3. The molecule has 3 heteroatoms. The van der Waals surface area contributed by atoms with E-state index in [1.165, 1.54) is 32.2 Å². The number of nitrogens with zero attached hydrogens (tertiary/aromatic N) is 1. The van der Waals surface area contributed by atoms with E-state index in [9.17, 15) is 5.11 Å². The van der Waals surface area contributed by atoms with Crippen molar-refractivity contribution < 1.29 is 5.11 Å². The molecule has 0 aromatic carbocycles. The zero-order chi connectivity index (χ0) is 14.8. The van der Waals surface area contributed by atoms with Gasteiger partial charge < -0.3 is 10.4 Å². The fraction of sp³-hybridized carbons (Fsp3) is 1.00. The van der Waals surface area contributed by atoms with E-state index in [2.05, 4.69) is 37.9 Å². The molecule has 0 bridgehead atoms. The molecule has 0 aliphatic heterocycles. The molecule has 0 aromatic rings. The lowest BCUT2D eigenvalue weighted by Gasteiger charge is -2.46. The summed E-state index contributed by atoms with van der Waals surface area (Å²) in [7, 11) is 0. The number of hydrogen-bond donors (Lipinski definition) is 2. The Bertz CT molecular complexity index is 301. The highest BCUT2D eigenvalue weighted by atomic mass is 16.3. The van der Waals surface area contributed by atoms with Gasteiger partial charge in [0.15, 0.2) is 0 Å². The molecule has 0 heterocycles. The maximum absolute atomic E-state index is 9.96. The second-order valence-electron chi connectivity index (χ2n) is 7.79. The summed E-state index contributed by atoms with van der Waals surface area (Å²) in [6.45, 7) is 10.7. The highest BCUT2D eigenvalue weighted by Crippen LogP contribution is 2.35. The standard InChI is InChI=1S/C17H34N2O/c1-13(2)11-19(14(3)4)16-6-5-9-17(10-16,12-20)18-15-7-8-15/h13-16,18,20H,5-12H2,1-4H3. The van der Waals surface area contributed by atoms with Gasteiger partial charge in [0.05, 0.1) is 6.61 Å². The second kappa shape index (κ2) is 6.76. The molecule has 2 N–H and O–H groups in total. The molecule has 2 rings (SSSR count). The molecule has 2 atom stereocenters. The van der Waals surface area contributed by atoms with Gasteiger partial charge in [-0.25, -0.2) is 0 Å². The molecule has 2 saturated carbocycles. The molecule has 20 heavy (non-hydrogen) atoms. The molecule has 2 fully saturated rings. The number of rotatable bonds is 7. The smallest absolute Gasteiger partial charge is 0.0613 e. The predicted molar refractivity (Wildman–Crippen MR) is 84.9 cm³/mol. The van der Waals surface area contributed by atoms with Gasteiger partial charge in [-0.3, -0.25) is 4.90 Å². The lowest BCUT2D eigenvalue weighted by Crippen LogP contribution is -2.57. The minimum atomic E-state index is -0.00575. The minimum Gasteiger partial charge on any atom is -0.394 e. The Balaban J connectivity index is 2.02. The Kier molecular flexibility index (Phi) is 5.49. The van der Waals surface area contributed by atoms with Crippen LogP contribution in [0.25, 0.3) is 0 Å². The van der Waals surface area contributed by atoms with Crippen LogP contribution in [-0.4, -0.2) is 46.8 Å². The van der Waals surface area contributed by atoms with E-state index in [0.717, 1.165) is 12.8 Å². The van der Waals surface area contributed by atoms with E-state index in [1.807, 2.05) is 0 Å². The molecule has 2 unspecified atom stereocenters. The zero-order valence-electron chi connectivity index (χ0n) is 13.9. The highest BCUT2D eigenvalue weighted by Gasteiger charge is 2.41. The molecule has 0 amide bonds.